The molecule has 3 heterocycles. The zero-order chi connectivity index (χ0) is 27.0. The van der Waals surface area contributed by atoms with Gasteiger partial charge in [-0.05, 0) is 62.9 Å². The lowest BCUT2D eigenvalue weighted by Crippen LogP contribution is -2.66. The number of aliphatic hydroxyl groups is 2. The van der Waals surface area contributed by atoms with Crippen LogP contribution in [-0.4, -0.2) is 44.2 Å². The molecule has 1 fully saturated rings. The van der Waals surface area contributed by atoms with E-state index in [0.29, 0.717) is 28.8 Å². The normalized spacial score (nSPS) is 18.5. The lowest BCUT2D eigenvalue weighted by Gasteiger charge is -2.58. The monoisotopic (exact) mass is 497 g/mol. The summed E-state index contributed by atoms with van der Waals surface area (Å²) in [6, 6.07) is 16.1. The standard InChI is InChI=1S/C32H39N3O2/c1-22(2)26-11-13-27(14-12-26)32(37,30(6)20-35(21-30)23(3)4)28-17-25(18-33-19-28)15-16-31(7,36)29-10-8-9-24(5)34-29/h8-14,17-19,22-23,36-37H,20-21H2,1-7H3. The topological polar surface area (TPSA) is 69.5 Å². The number of aryl methyl sites for hydroxylation is 1. The second kappa shape index (κ2) is 10.0. The molecule has 2 aromatic heterocycles. The first-order valence-electron chi connectivity index (χ1n) is 13.1. The van der Waals surface area contributed by atoms with Crippen molar-refractivity contribution in [1.29, 1.82) is 0 Å². The Morgan fingerprint density at radius 1 is 0.973 bits per heavy atom. The summed E-state index contributed by atoms with van der Waals surface area (Å²) in [5.74, 6) is 6.45. The molecule has 5 heteroatoms. The van der Waals surface area contributed by atoms with Gasteiger partial charge >= 0.3 is 0 Å². The number of hydrogen-bond donors (Lipinski definition) is 2. The second-order valence-corrected chi connectivity index (χ2v) is 11.5. The number of benzene rings is 1. The quantitative estimate of drug-likeness (QED) is 0.462. The van der Waals surface area contributed by atoms with Gasteiger partial charge < -0.3 is 10.2 Å². The third kappa shape index (κ3) is 5.20. The molecule has 0 radical (unpaired) electrons. The zero-order valence-corrected chi connectivity index (χ0v) is 23.1. The summed E-state index contributed by atoms with van der Waals surface area (Å²) in [6.07, 6.45) is 3.41. The van der Waals surface area contributed by atoms with Gasteiger partial charge in [0.15, 0.2) is 5.60 Å². The van der Waals surface area contributed by atoms with Crippen LogP contribution in [0.2, 0.25) is 0 Å². The van der Waals surface area contributed by atoms with Gasteiger partial charge in [0.25, 0.3) is 0 Å². The zero-order valence-electron chi connectivity index (χ0n) is 23.1. The first-order chi connectivity index (χ1) is 17.4. The molecule has 1 aliphatic heterocycles. The average molecular weight is 498 g/mol. The summed E-state index contributed by atoms with van der Waals surface area (Å²) in [5.41, 5.74) is 1.68. The van der Waals surface area contributed by atoms with Crippen LogP contribution in [0.25, 0.3) is 0 Å². The van der Waals surface area contributed by atoms with E-state index < -0.39 is 16.6 Å². The highest BCUT2D eigenvalue weighted by Crippen LogP contribution is 2.51. The van der Waals surface area contributed by atoms with Gasteiger partial charge in [-0.25, -0.2) is 0 Å². The lowest BCUT2D eigenvalue weighted by atomic mass is 9.61. The Bertz CT molecular complexity index is 1310. The minimum Gasteiger partial charge on any atom is -0.380 e. The van der Waals surface area contributed by atoms with Crippen LogP contribution in [0, 0.1) is 24.2 Å². The molecule has 2 unspecified atom stereocenters. The molecule has 1 aromatic carbocycles. The molecule has 0 saturated carbocycles. The Hall–Kier alpha value is -3.04. The van der Waals surface area contributed by atoms with Crippen molar-refractivity contribution in [1.82, 2.24) is 14.9 Å². The lowest BCUT2D eigenvalue weighted by molar-refractivity contribution is -0.144. The SMILES string of the molecule is Cc1cccc(C(C)(O)C#Cc2cncc(C(O)(c3ccc(C(C)C)cc3)C3(C)CN(C(C)C)C3)c2)n1. The van der Waals surface area contributed by atoms with E-state index >= 15 is 0 Å². The van der Waals surface area contributed by atoms with Crippen molar-refractivity contribution < 1.29 is 10.2 Å². The molecule has 4 rings (SSSR count). The highest BCUT2D eigenvalue weighted by atomic mass is 16.3. The van der Waals surface area contributed by atoms with Gasteiger partial charge in [0.2, 0.25) is 0 Å². The van der Waals surface area contributed by atoms with Crippen molar-refractivity contribution >= 4 is 0 Å². The van der Waals surface area contributed by atoms with E-state index in [0.717, 1.165) is 24.3 Å². The van der Waals surface area contributed by atoms with Crippen LogP contribution in [-0.2, 0) is 11.2 Å². The maximum Gasteiger partial charge on any atom is 0.165 e. The fraction of sp³-hybridized carbons (Fsp3) is 0.438. The fourth-order valence-electron chi connectivity index (χ4n) is 5.20. The summed E-state index contributed by atoms with van der Waals surface area (Å²) in [5, 5.41) is 23.5. The first kappa shape index (κ1) is 27.0. The van der Waals surface area contributed by atoms with Crippen LogP contribution in [0.1, 0.15) is 81.1 Å². The minimum absolute atomic E-state index is 0.401. The van der Waals surface area contributed by atoms with Gasteiger partial charge in [-0.15, -0.1) is 0 Å². The first-order valence-corrected chi connectivity index (χ1v) is 13.1. The number of pyridine rings is 2. The summed E-state index contributed by atoms with van der Waals surface area (Å²) >= 11 is 0. The molecule has 1 saturated heterocycles. The molecule has 0 aliphatic carbocycles. The van der Waals surface area contributed by atoms with Crippen LogP contribution in [0.3, 0.4) is 0 Å². The summed E-state index contributed by atoms with van der Waals surface area (Å²) in [4.78, 5) is 11.3. The van der Waals surface area contributed by atoms with E-state index in [1.54, 1.807) is 25.4 Å². The number of likely N-dealkylation sites (tertiary alicyclic amines) is 1. The smallest absolute Gasteiger partial charge is 0.165 e. The molecular weight excluding hydrogens is 458 g/mol. The maximum atomic E-state index is 12.5. The summed E-state index contributed by atoms with van der Waals surface area (Å²) in [7, 11) is 0. The molecule has 0 amide bonds. The van der Waals surface area contributed by atoms with Crippen molar-refractivity contribution in [3.8, 4) is 11.8 Å². The molecule has 0 spiro atoms. The van der Waals surface area contributed by atoms with Crippen LogP contribution in [0.4, 0.5) is 0 Å². The Balaban J connectivity index is 1.75. The van der Waals surface area contributed by atoms with Crippen LogP contribution >= 0.6 is 0 Å². The molecule has 5 nitrogen and oxygen atoms in total. The predicted molar refractivity (Wildman–Crippen MR) is 148 cm³/mol. The van der Waals surface area contributed by atoms with Gasteiger partial charge in [-0.2, -0.15) is 0 Å². The van der Waals surface area contributed by atoms with Gasteiger partial charge in [-0.3, -0.25) is 14.9 Å². The van der Waals surface area contributed by atoms with E-state index in [4.69, 9.17) is 0 Å². The van der Waals surface area contributed by atoms with E-state index in [2.05, 4.69) is 73.5 Å². The van der Waals surface area contributed by atoms with Crippen molar-refractivity contribution in [3.05, 3.63) is 94.6 Å². The van der Waals surface area contributed by atoms with Crippen molar-refractivity contribution in [2.24, 2.45) is 5.41 Å². The average Bonchev–Trinajstić information content (AvgIpc) is 2.85. The van der Waals surface area contributed by atoms with E-state index in [1.807, 2.05) is 37.3 Å². The van der Waals surface area contributed by atoms with E-state index in [-0.39, 0.29) is 0 Å². The van der Waals surface area contributed by atoms with Gasteiger partial charge in [0.05, 0.1) is 5.69 Å². The summed E-state index contributed by atoms with van der Waals surface area (Å²) in [6.45, 7) is 15.9. The highest BCUT2D eigenvalue weighted by molar-refractivity contribution is 5.45. The Morgan fingerprint density at radius 3 is 2.24 bits per heavy atom. The number of nitrogens with zero attached hydrogens (tertiary/aromatic N) is 3. The van der Waals surface area contributed by atoms with Crippen molar-refractivity contribution in [3.63, 3.8) is 0 Å². The predicted octanol–water partition coefficient (Wildman–Crippen LogP) is 5.13. The van der Waals surface area contributed by atoms with E-state index in [9.17, 15) is 10.2 Å². The third-order valence-electron chi connectivity index (χ3n) is 7.70. The molecule has 1 aliphatic rings. The number of rotatable bonds is 6. The van der Waals surface area contributed by atoms with Crippen LogP contribution in [0.5, 0.6) is 0 Å². The van der Waals surface area contributed by atoms with Crippen LogP contribution in [0.15, 0.2) is 60.9 Å². The largest absolute Gasteiger partial charge is 0.380 e. The molecule has 3 aromatic rings. The maximum absolute atomic E-state index is 12.5. The Labute approximate surface area is 221 Å². The second-order valence-electron chi connectivity index (χ2n) is 11.5. The summed E-state index contributed by atoms with van der Waals surface area (Å²) < 4.78 is 0. The molecule has 2 N–H and O–H groups in total. The molecule has 37 heavy (non-hydrogen) atoms. The molecule has 0 bridgehead atoms. The molecular formula is C32H39N3O2. The van der Waals surface area contributed by atoms with Gasteiger partial charge in [0.1, 0.15) is 5.60 Å². The van der Waals surface area contributed by atoms with E-state index in [1.165, 1.54) is 5.56 Å². The Morgan fingerprint density at radius 2 is 1.65 bits per heavy atom. The molecule has 194 valence electrons. The van der Waals surface area contributed by atoms with Crippen molar-refractivity contribution in [2.45, 2.75) is 71.6 Å². The fourth-order valence-corrected chi connectivity index (χ4v) is 5.20. The molecule has 2 atom stereocenters. The van der Waals surface area contributed by atoms with Gasteiger partial charge in [0, 0.05) is 53.8 Å². The third-order valence-corrected chi connectivity index (χ3v) is 7.70. The highest BCUT2D eigenvalue weighted by Gasteiger charge is 2.56. The number of aromatic nitrogens is 2. The van der Waals surface area contributed by atoms with Crippen molar-refractivity contribution in [2.75, 3.05) is 13.1 Å². The Kier molecular flexibility index (Phi) is 7.32. The number of hydrogen-bond acceptors (Lipinski definition) is 5. The van der Waals surface area contributed by atoms with Crippen LogP contribution < -0.4 is 0 Å². The minimum atomic E-state index is -1.41. The van der Waals surface area contributed by atoms with Gasteiger partial charge in [-0.1, -0.05) is 62.9 Å².